The van der Waals surface area contributed by atoms with Crippen LogP contribution in [0.5, 0.6) is 0 Å². The standard InChI is InChI=1S/C16H27N3OS/c1-2-17-14(12-8-9-12)10-16-18-15(19-20-16)11-21-13-6-4-3-5-7-13/h12-14,17H,2-11H2,1H3. The van der Waals surface area contributed by atoms with E-state index in [0.29, 0.717) is 6.04 Å². The van der Waals surface area contributed by atoms with Crippen molar-refractivity contribution in [2.24, 2.45) is 5.92 Å². The molecule has 21 heavy (non-hydrogen) atoms. The molecule has 1 N–H and O–H groups in total. The van der Waals surface area contributed by atoms with Crippen molar-refractivity contribution < 1.29 is 4.52 Å². The maximum atomic E-state index is 5.44. The van der Waals surface area contributed by atoms with Gasteiger partial charge in [0.2, 0.25) is 5.89 Å². The van der Waals surface area contributed by atoms with Crippen molar-refractivity contribution in [1.82, 2.24) is 15.5 Å². The Kier molecular flexibility index (Phi) is 5.58. The van der Waals surface area contributed by atoms with Crippen LogP contribution in [0.25, 0.3) is 0 Å². The molecule has 2 aliphatic carbocycles. The highest BCUT2D eigenvalue weighted by Gasteiger charge is 2.31. The van der Waals surface area contributed by atoms with Crippen molar-refractivity contribution in [3.05, 3.63) is 11.7 Å². The Morgan fingerprint density at radius 3 is 2.76 bits per heavy atom. The fourth-order valence-corrected chi connectivity index (χ4v) is 4.38. The van der Waals surface area contributed by atoms with Gasteiger partial charge in [-0.25, -0.2) is 0 Å². The van der Waals surface area contributed by atoms with Crippen LogP contribution in [0, 0.1) is 5.92 Å². The van der Waals surface area contributed by atoms with Gasteiger partial charge < -0.3 is 9.84 Å². The van der Waals surface area contributed by atoms with Crippen LogP contribution in [0.4, 0.5) is 0 Å². The van der Waals surface area contributed by atoms with E-state index in [1.807, 2.05) is 11.8 Å². The molecule has 2 aliphatic rings. The van der Waals surface area contributed by atoms with E-state index in [4.69, 9.17) is 4.52 Å². The summed E-state index contributed by atoms with van der Waals surface area (Å²) in [4.78, 5) is 4.59. The molecule has 1 aromatic heterocycles. The summed E-state index contributed by atoms with van der Waals surface area (Å²) in [6.07, 6.45) is 10.5. The maximum absolute atomic E-state index is 5.44. The first-order valence-corrected chi connectivity index (χ1v) is 9.56. The number of thioether (sulfide) groups is 1. The van der Waals surface area contributed by atoms with Gasteiger partial charge in [0.25, 0.3) is 0 Å². The molecule has 2 saturated carbocycles. The smallest absolute Gasteiger partial charge is 0.228 e. The molecule has 1 aromatic rings. The first kappa shape index (κ1) is 15.3. The molecule has 2 fully saturated rings. The number of rotatable bonds is 8. The highest BCUT2D eigenvalue weighted by Crippen LogP contribution is 2.34. The summed E-state index contributed by atoms with van der Waals surface area (Å²) in [7, 11) is 0. The molecule has 1 atom stereocenters. The molecule has 3 rings (SSSR count). The number of aromatic nitrogens is 2. The monoisotopic (exact) mass is 309 g/mol. The zero-order chi connectivity index (χ0) is 14.5. The average molecular weight is 309 g/mol. The quantitative estimate of drug-likeness (QED) is 0.795. The Hall–Kier alpha value is -0.550. The third-order valence-corrected chi connectivity index (χ3v) is 5.93. The maximum Gasteiger partial charge on any atom is 0.228 e. The van der Waals surface area contributed by atoms with Gasteiger partial charge in [0.05, 0.1) is 5.75 Å². The van der Waals surface area contributed by atoms with Gasteiger partial charge in [-0.05, 0) is 38.1 Å². The second-order valence-corrected chi connectivity index (χ2v) is 7.67. The highest BCUT2D eigenvalue weighted by atomic mass is 32.2. The lowest BCUT2D eigenvalue weighted by Crippen LogP contribution is -2.33. The predicted molar refractivity (Wildman–Crippen MR) is 86.4 cm³/mol. The normalized spacial score (nSPS) is 21.6. The van der Waals surface area contributed by atoms with Crippen LogP contribution in [-0.2, 0) is 12.2 Å². The molecule has 0 aromatic carbocycles. The van der Waals surface area contributed by atoms with Crippen LogP contribution >= 0.6 is 11.8 Å². The van der Waals surface area contributed by atoms with Crippen molar-refractivity contribution in [3.63, 3.8) is 0 Å². The van der Waals surface area contributed by atoms with E-state index in [1.54, 1.807) is 0 Å². The van der Waals surface area contributed by atoms with Gasteiger partial charge in [0, 0.05) is 17.7 Å². The lowest BCUT2D eigenvalue weighted by Gasteiger charge is -2.20. The molecule has 0 spiro atoms. The summed E-state index contributed by atoms with van der Waals surface area (Å²) < 4.78 is 5.44. The topological polar surface area (TPSA) is 51.0 Å². The molecule has 0 radical (unpaired) electrons. The van der Waals surface area contributed by atoms with Crippen molar-refractivity contribution in [1.29, 1.82) is 0 Å². The fourth-order valence-electron chi connectivity index (χ4n) is 3.21. The van der Waals surface area contributed by atoms with Crippen LogP contribution in [0.3, 0.4) is 0 Å². The molecule has 1 heterocycles. The Morgan fingerprint density at radius 2 is 2.05 bits per heavy atom. The fraction of sp³-hybridized carbons (Fsp3) is 0.875. The van der Waals surface area contributed by atoms with E-state index in [0.717, 1.165) is 41.6 Å². The zero-order valence-corrected chi connectivity index (χ0v) is 13.8. The Balaban J connectivity index is 1.46. The van der Waals surface area contributed by atoms with Gasteiger partial charge in [-0.3, -0.25) is 0 Å². The molecule has 0 bridgehead atoms. The van der Waals surface area contributed by atoms with E-state index in [2.05, 4.69) is 22.4 Å². The van der Waals surface area contributed by atoms with E-state index in [-0.39, 0.29) is 0 Å². The number of nitrogens with one attached hydrogen (secondary N) is 1. The summed E-state index contributed by atoms with van der Waals surface area (Å²) in [6, 6.07) is 0.522. The Bertz CT molecular complexity index is 427. The van der Waals surface area contributed by atoms with Gasteiger partial charge >= 0.3 is 0 Å². The number of likely N-dealkylation sites (N-methyl/N-ethyl adjacent to an activating group) is 1. The minimum atomic E-state index is 0.522. The molecule has 0 amide bonds. The SMILES string of the molecule is CCNC(Cc1nc(CSC2CCCCC2)no1)C1CC1. The predicted octanol–water partition coefficient (Wildman–Crippen LogP) is 3.57. The van der Waals surface area contributed by atoms with Crippen LogP contribution in [0.15, 0.2) is 4.52 Å². The van der Waals surface area contributed by atoms with Gasteiger partial charge in [-0.1, -0.05) is 31.3 Å². The summed E-state index contributed by atoms with van der Waals surface area (Å²) in [5.41, 5.74) is 0. The van der Waals surface area contributed by atoms with E-state index in [9.17, 15) is 0 Å². The molecule has 118 valence electrons. The molecule has 5 heteroatoms. The molecule has 0 aliphatic heterocycles. The minimum Gasteiger partial charge on any atom is -0.339 e. The Labute approximate surface area is 131 Å². The number of hydrogen-bond acceptors (Lipinski definition) is 5. The first-order valence-electron chi connectivity index (χ1n) is 8.51. The second-order valence-electron chi connectivity index (χ2n) is 6.38. The van der Waals surface area contributed by atoms with Crippen molar-refractivity contribution >= 4 is 11.8 Å². The summed E-state index contributed by atoms with van der Waals surface area (Å²) >= 11 is 2.01. The van der Waals surface area contributed by atoms with Crippen LogP contribution in [0.2, 0.25) is 0 Å². The number of hydrogen-bond donors (Lipinski definition) is 1. The van der Waals surface area contributed by atoms with Gasteiger partial charge in [0.1, 0.15) is 0 Å². The van der Waals surface area contributed by atoms with Crippen LogP contribution in [-0.4, -0.2) is 28.0 Å². The van der Waals surface area contributed by atoms with Crippen molar-refractivity contribution in [3.8, 4) is 0 Å². The summed E-state index contributed by atoms with van der Waals surface area (Å²) in [5.74, 6) is 3.42. The average Bonchev–Trinajstić information content (AvgIpc) is 3.27. The van der Waals surface area contributed by atoms with Gasteiger partial charge in [-0.2, -0.15) is 16.7 Å². The van der Waals surface area contributed by atoms with Crippen LogP contribution in [0.1, 0.15) is 63.6 Å². The third kappa shape index (κ3) is 4.71. The summed E-state index contributed by atoms with van der Waals surface area (Å²) in [5, 5.41) is 8.52. The third-order valence-electron chi connectivity index (χ3n) is 4.56. The lowest BCUT2D eigenvalue weighted by molar-refractivity contribution is 0.345. The van der Waals surface area contributed by atoms with Gasteiger partial charge in [0.15, 0.2) is 5.82 Å². The highest BCUT2D eigenvalue weighted by molar-refractivity contribution is 7.99. The molecular weight excluding hydrogens is 282 g/mol. The van der Waals surface area contributed by atoms with E-state index >= 15 is 0 Å². The lowest BCUT2D eigenvalue weighted by atomic mass is 10.0. The van der Waals surface area contributed by atoms with Crippen molar-refractivity contribution in [2.75, 3.05) is 6.54 Å². The van der Waals surface area contributed by atoms with E-state index < -0.39 is 0 Å². The molecule has 4 nitrogen and oxygen atoms in total. The molecular formula is C16H27N3OS. The van der Waals surface area contributed by atoms with Crippen molar-refractivity contribution in [2.45, 2.75) is 75.3 Å². The number of nitrogens with zero attached hydrogens (tertiary/aromatic N) is 2. The van der Waals surface area contributed by atoms with Crippen LogP contribution < -0.4 is 5.32 Å². The largest absolute Gasteiger partial charge is 0.339 e. The summed E-state index contributed by atoms with van der Waals surface area (Å²) in [6.45, 7) is 3.18. The minimum absolute atomic E-state index is 0.522. The first-order chi connectivity index (χ1) is 10.3. The Morgan fingerprint density at radius 1 is 1.24 bits per heavy atom. The van der Waals surface area contributed by atoms with Gasteiger partial charge in [-0.15, -0.1) is 0 Å². The second kappa shape index (κ2) is 7.63. The van der Waals surface area contributed by atoms with E-state index in [1.165, 1.54) is 44.9 Å². The molecule has 1 unspecified atom stereocenters. The zero-order valence-electron chi connectivity index (χ0n) is 13.0. The molecule has 0 saturated heterocycles.